The maximum absolute atomic E-state index is 14.8. The van der Waals surface area contributed by atoms with E-state index >= 15 is 0 Å². The van der Waals surface area contributed by atoms with Gasteiger partial charge in [-0.1, -0.05) is 33.6 Å². The van der Waals surface area contributed by atoms with Crippen LogP contribution in [0.5, 0.6) is 11.6 Å². The normalized spacial score (nSPS) is 32.9. The van der Waals surface area contributed by atoms with Crippen molar-refractivity contribution in [2.75, 3.05) is 13.7 Å². The van der Waals surface area contributed by atoms with Gasteiger partial charge in [0, 0.05) is 12.5 Å². The highest BCUT2D eigenvalue weighted by Crippen LogP contribution is 2.58. The van der Waals surface area contributed by atoms with Crippen LogP contribution in [0.25, 0.3) is 11.0 Å². The quantitative estimate of drug-likeness (QED) is 0.358. The lowest BCUT2D eigenvalue weighted by atomic mass is 9.85. The summed E-state index contributed by atoms with van der Waals surface area (Å²) in [6.45, 7) is 6.56. The number of aryl methyl sites for hydroxylation is 1. The molecule has 2 aliphatic heterocycles. The second-order valence-corrected chi connectivity index (χ2v) is 21.0. The van der Waals surface area contributed by atoms with E-state index in [1.165, 1.54) is 18.9 Å². The highest BCUT2D eigenvalue weighted by molar-refractivity contribution is 7.91. The lowest BCUT2D eigenvalue weighted by molar-refractivity contribution is -0.143. The first-order valence-corrected chi connectivity index (χ1v) is 22.3. The number of methoxy groups -OCH3 is 1. The van der Waals surface area contributed by atoms with E-state index in [2.05, 4.69) is 10.6 Å². The Hall–Kier alpha value is -4.35. The summed E-state index contributed by atoms with van der Waals surface area (Å²) in [5.41, 5.74) is -1.40. The smallest absolute Gasteiger partial charge is 0.408 e. The van der Waals surface area contributed by atoms with Crippen LogP contribution in [0.4, 0.5) is 13.6 Å². The van der Waals surface area contributed by atoms with Crippen LogP contribution in [-0.4, -0.2) is 102 Å². The number of halogens is 2. The summed E-state index contributed by atoms with van der Waals surface area (Å²) in [6, 6.07) is 2.75. The highest BCUT2D eigenvalue weighted by Gasteiger charge is 2.67. The third-order valence-electron chi connectivity index (χ3n) is 13.6. The Kier molecular flexibility index (Phi) is 10.5. The minimum Gasteiger partial charge on any atom is -0.497 e. The number of hydrogen-bond donors (Lipinski definition) is 3. The van der Waals surface area contributed by atoms with Crippen molar-refractivity contribution in [1.29, 1.82) is 0 Å². The van der Waals surface area contributed by atoms with Gasteiger partial charge in [-0.15, -0.1) is 0 Å². The molecule has 4 amide bonds. The van der Waals surface area contributed by atoms with Crippen molar-refractivity contribution in [2.24, 2.45) is 29.1 Å². The van der Waals surface area contributed by atoms with Gasteiger partial charge in [0.1, 0.15) is 41.3 Å². The molecule has 1 saturated heterocycles. The number of nitrogens with zero attached hydrogens (tertiary/aromatic N) is 3. The summed E-state index contributed by atoms with van der Waals surface area (Å²) in [5, 5.41) is 5.27. The Labute approximate surface area is 342 Å². The largest absolute Gasteiger partial charge is 0.497 e. The van der Waals surface area contributed by atoms with E-state index in [9.17, 15) is 36.4 Å². The molecule has 4 saturated carbocycles. The Morgan fingerprint density at radius 3 is 2.47 bits per heavy atom. The topological polar surface area (TPSA) is 195 Å². The van der Waals surface area contributed by atoms with E-state index in [0.29, 0.717) is 53.6 Å². The molecule has 0 spiro atoms. The van der Waals surface area contributed by atoms with Gasteiger partial charge in [0.25, 0.3) is 5.91 Å². The van der Waals surface area contributed by atoms with E-state index in [0.717, 1.165) is 38.5 Å². The lowest BCUT2D eigenvalue weighted by Gasteiger charge is -2.36. The summed E-state index contributed by atoms with van der Waals surface area (Å²) in [6.07, 6.45) is 0.899. The maximum Gasteiger partial charge on any atom is 0.408 e. The van der Waals surface area contributed by atoms with Crippen LogP contribution in [0, 0.1) is 29.1 Å². The molecule has 9 atom stereocenters. The fraction of sp³-hybridized carbons (Fsp3) is 0.707. The van der Waals surface area contributed by atoms with Gasteiger partial charge in [0.05, 0.1) is 35.4 Å². The van der Waals surface area contributed by atoms with Gasteiger partial charge in [-0.05, 0) is 93.6 Å². The van der Waals surface area contributed by atoms with Gasteiger partial charge >= 0.3 is 6.09 Å². The van der Waals surface area contributed by atoms with Crippen molar-refractivity contribution in [1.82, 2.24) is 30.2 Å². The second kappa shape index (κ2) is 15.0. The molecule has 0 radical (unpaired) electrons. The van der Waals surface area contributed by atoms with Gasteiger partial charge in [0.2, 0.25) is 34.1 Å². The summed E-state index contributed by atoms with van der Waals surface area (Å²) in [5.74, 6) is -2.51. The number of alkyl halides is 2. The van der Waals surface area contributed by atoms with E-state index in [1.54, 1.807) is 32.9 Å². The number of ether oxygens (including phenoxy) is 3. The molecule has 1 aromatic heterocycles. The standard InChI is InChI=1S/C41H54F2N6O9S/c1-39(2,3)32-36(51)49-20-23(18-30(49)34(50)47-41(19-26(41)33(42)43)37(52)48-59(54,55)40(4)13-14-40)57-35-28(44-27-12-11-22(56-5)17-29(27)45-35)10-8-6-7-9-24-25-15-21(25)16-31(24)58-38(53)46-32/h11-12,17,21,23-26,30-33H,6-10,13-16,18-20H2,1-5H3,(H,46,53)(H,47,50)(H,48,52)/t21?,23-,24-,25+,26+,30+,31-,32-,41-/m1/s1. The van der Waals surface area contributed by atoms with Crippen LogP contribution < -0.4 is 24.8 Å². The van der Waals surface area contributed by atoms with Crippen molar-refractivity contribution < 1.29 is 50.6 Å². The van der Waals surface area contributed by atoms with E-state index in [-0.39, 0.29) is 30.9 Å². The predicted molar refractivity (Wildman–Crippen MR) is 209 cm³/mol. The number of rotatable bonds is 7. The predicted octanol–water partition coefficient (Wildman–Crippen LogP) is 4.41. The molecule has 2 aromatic rings. The van der Waals surface area contributed by atoms with Crippen molar-refractivity contribution in [3.8, 4) is 11.6 Å². The van der Waals surface area contributed by atoms with Crippen LogP contribution in [0.1, 0.15) is 97.6 Å². The number of hydrogen-bond acceptors (Lipinski definition) is 11. The molecule has 18 heteroatoms. The van der Waals surface area contributed by atoms with Crippen molar-refractivity contribution in [3.05, 3.63) is 23.9 Å². The Balaban J connectivity index is 1.13. The first-order chi connectivity index (χ1) is 27.8. The molecule has 8 rings (SSSR count). The SMILES string of the molecule is COc1ccc2nc3c(nc2c1)O[C@@H]1C[C@@H](C(=O)N[C@]2(C(=O)NS(=O)(=O)C4(C)CC4)C[C@H]2C(F)F)N(C1)C(=O)[C@H](C(C)(C)C)NC(=O)O[C@@H]1CC2C[C@@H]2[C@H]1CCCCC3. The summed E-state index contributed by atoms with van der Waals surface area (Å²) in [4.78, 5) is 67.4. The average Bonchev–Trinajstić information content (AvgIpc) is 4.13. The monoisotopic (exact) mass is 844 g/mol. The van der Waals surface area contributed by atoms with E-state index in [4.69, 9.17) is 24.2 Å². The Morgan fingerprint density at radius 2 is 1.80 bits per heavy atom. The summed E-state index contributed by atoms with van der Waals surface area (Å²) < 4.78 is 73.4. The molecular weight excluding hydrogens is 791 g/mol. The fourth-order valence-corrected chi connectivity index (χ4v) is 10.7. The summed E-state index contributed by atoms with van der Waals surface area (Å²) in [7, 11) is -2.69. The number of alkyl carbamates (subject to hydrolysis) is 1. The number of carbonyl (C=O) groups is 4. The van der Waals surface area contributed by atoms with Crippen LogP contribution in [0.3, 0.4) is 0 Å². The number of aromatic nitrogens is 2. The minimum absolute atomic E-state index is 0.143. The van der Waals surface area contributed by atoms with E-state index < -0.39 is 86.5 Å². The van der Waals surface area contributed by atoms with Crippen molar-refractivity contribution in [2.45, 2.75) is 139 Å². The molecule has 322 valence electrons. The van der Waals surface area contributed by atoms with Crippen LogP contribution in [0.2, 0.25) is 0 Å². The van der Waals surface area contributed by atoms with Gasteiger partial charge in [-0.3, -0.25) is 19.1 Å². The molecule has 1 unspecified atom stereocenters. The third kappa shape index (κ3) is 8.01. The summed E-state index contributed by atoms with van der Waals surface area (Å²) >= 11 is 0. The first-order valence-electron chi connectivity index (χ1n) is 20.8. The number of fused-ring (bicyclic) bond motifs is 7. The molecule has 15 nitrogen and oxygen atoms in total. The lowest BCUT2D eigenvalue weighted by Crippen LogP contribution is -2.60. The molecule has 5 fully saturated rings. The molecule has 3 heterocycles. The highest BCUT2D eigenvalue weighted by atomic mass is 32.2. The third-order valence-corrected chi connectivity index (χ3v) is 15.7. The zero-order valence-corrected chi connectivity index (χ0v) is 34.9. The minimum atomic E-state index is -4.23. The second-order valence-electron chi connectivity index (χ2n) is 18.8. The van der Waals surface area contributed by atoms with Crippen LogP contribution in [-0.2, 0) is 35.6 Å². The van der Waals surface area contributed by atoms with Crippen LogP contribution in [0.15, 0.2) is 18.2 Å². The van der Waals surface area contributed by atoms with Crippen molar-refractivity contribution in [3.63, 3.8) is 0 Å². The first kappa shape index (κ1) is 41.4. The average molecular weight is 845 g/mol. The maximum atomic E-state index is 14.8. The number of carbonyl (C=O) groups excluding carboxylic acids is 4. The molecular formula is C41H54F2N6O9S. The van der Waals surface area contributed by atoms with Crippen molar-refractivity contribution >= 4 is 44.9 Å². The molecule has 2 bridgehead atoms. The number of benzene rings is 1. The zero-order chi connectivity index (χ0) is 42.2. The number of sulfonamides is 1. The molecule has 4 aliphatic carbocycles. The van der Waals surface area contributed by atoms with E-state index in [1.807, 2.05) is 10.8 Å². The zero-order valence-electron chi connectivity index (χ0n) is 34.1. The Morgan fingerprint density at radius 1 is 1.03 bits per heavy atom. The number of nitrogens with one attached hydrogen (secondary N) is 3. The van der Waals surface area contributed by atoms with Gasteiger partial charge in [0.15, 0.2) is 0 Å². The van der Waals surface area contributed by atoms with Gasteiger partial charge in [-0.2, -0.15) is 0 Å². The molecule has 59 heavy (non-hydrogen) atoms. The van der Waals surface area contributed by atoms with Crippen LogP contribution >= 0.6 is 0 Å². The van der Waals surface area contributed by atoms with Gasteiger partial charge < -0.3 is 29.7 Å². The molecule has 1 aromatic carbocycles. The van der Waals surface area contributed by atoms with Gasteiger partial charge in [-0.25, -0.2) is 32.0 Å². The number of amides is 4. The Bertz CT molecular complexity index is 2150. The molecule has 3 N–H and O–H groups in total. The molecule has 6 aliphatic rings. The fourth-order valence-electron chi connectivity index (χ4n) is 9.41.